The third kappa shape index (κ3) is 4.04. The van der Waals surface area contributed by atoms with Crippen LogP contribution in [0.2, 0.25) is 0 Å². The number of ether oxygens (including phenoxy) is 1. The van der Waals surface area contributed by atoms with Crippen molar-refractivity contribution in [2.24, 2.45) is 11.8 Å². The molecule has 1 saturated carbocycles. The molecule has 1 aliphatic rings. The molecular weight excluding hydrogens is 220 g/mol. The van der Waals surface area contributed by atoms with Crippen molar-refractivity contribution in [1.29, 1.82) is 0 Å². The Morgan fingerprint density at radius 2 is 2.00 bits per heavy atom. The predicted octanol–water partition coefficient (Wildman–Crippen LogP) is 2.07. The van der Waals surface area contributed by atoms with Gasteiger partial charge in [0.1, 0.15) is 0 Å². The summed E-state index contributed by atoms with van der Waals surface area (Å²) >= 11 is 6.01. The van der Waals surface area contributed by atoms with E-state index < -0.39 is 0 Å². The van der Waals surface area contributed by atoms with E-state index in [1.54, 1.807) is 13.2 Å². The summed E-state index contributed by atoms with van der Waals surface area (Å²) in [6.07, 6.45) is 3.60. The van der Waals surface area contributed by atoms with E-state index in [2.05, 4.69) is 35.5 Å². The average molecular weight is 233 g/mol. The molecule has 0 bridgehead atoms. The zero-order valence-electron chi connectivity index (χ0n) is 9.38. The summed E-state index contributed by atoms with van der Waals surface area (Å²) in [5.41, 5.74) is 0. The first-order chi connectivity index (χ1) is 7.81. The van der Waals surface area contributed by atoms with Crippen LogP contribution in [0.4, 0.5) is 0 Å². The minimum absolute atomic E-state index is 0.114. The minimum Gasteiger partial charge on any atom is -0.384 e. The number of hydrogen-bond donors (Lipinski definition) is 0. The first-order valence-corrected chi connectivity index (χ1v) is 5.50. The molecule has 82 valence electrons. The Morgan fingerprint density at radius 1 is 1.25 bits per heavy atom. The lowest BCUT2D eigenvalue weighted by molar-refractivity contribution is 0.184. The highest BCUT2D eigenvalue weighted by atomic mass is 35.5. The van der Waals surface area contributed by atoms with E-state index in [1.807, 2.05) is 13.0 Å². The lowest BCUT2D eigenvalue weighted by Crippen LogP contribution is -1.92. The molecule has 0 N–H and O–H groups in total. The van der Waals surface area contributed by atoms with Crippen LogP contribution in [0.15, 0.2) is 12.2 Å². The van der Waals surface area contributed by atoms with Gasteiger partial charge in [0.25, 0.3) is 0 Å². The highest BCUT2D eigenvalue weighted by Gasteiger charge is 2.47. The maximum absolute atomic E-state index is 6.01. The van der Waals surface area contributed by atoms with Crippen LogP contribution in [0.5, 0.6) is 0 Å². The predicted molar refractivity (Wildman–Crippen MR) is 66.6 cm³/mol. The molecule has 2 heteroatoms. The molecule has 0 heterocycles. The van der Waals surface area contributed by atoms with Gasteiger partial charge in [-0.05, 0) is 36.7 Å². The molecule has 16 heavy (non-hydrogen) atoms. The Kier molecular flexibility index (Phi) is 5.60. The second-order valence-electron chi connectivity index (χ2n) is 3.38. The van der Waals surface area contributed by atoms with Gasteiger partial charge in [-0.3, -0.25) is 0 Å². The SMILES string of the molecule is CC=CC#CC#CC#CC1C(Cl)C1COC. The zero-order valence-corrected chi connectivity index (χ0v) is 10.1. The van der Waals surface area contributed by atoms with Crippen molar-refractivity contribution in [3.05, 3.63) is 12.2 Å². The van der Waals surface area contributed by atoms with Gasteiger partial charge in [-0.25, -0.2) is 0 Å². The number of methoxy groups -OCH3 is 1. The average Bonchev–Trinajstić information content (AvgIpc) is 2.88. The van der Waals surface area contributed by atoms with Crippen LogP contribution in [0, 0.1) is 47.4 Å². The zero-order chi connectivity index (χ0) is 11.8. The first kappa shape index (κ1) is 12.7. The van der Waals surface area contributed by atoms with Crippen LogP contribution in [-0.2, 0) is 4.74 Å². The van der Waals surface area contributed by atoms with Crippen molar-refractivity contribution in [3.8, 4) is 35.5 Å². The molecular formula is C14H13ClO. The largest absolute Gasteiger partial charge is 0.384 e. The van der Waals surface area contributed by atoms with Gasteiger partial charge in [0.15, 0.2) is 0 Å². The fourth-order valence-electron chi connectivity index (χ4n) is 1.25. The van der Waals surface area contributed by atoms with E-state index in [9.17, 15) is 0 Å². The molecule has 1 rings (SSSR count). The summed E-state index contributed by atoms with van der Waals surface area (Å²) in [5, 5.41) is 0.114. The van der Waals surface area contributed by atoms with Crippen molar-refractivity contribution >= 4 is 11.6 Å². The fraction of sp³-hybridized carbons (Fsp3) is 0.429. The highest BCUT2D eigenvalue weighted by Crippen LogP contribution is 2.43. The van der Waals surface area contributed by atoms with Crippen LogP contribution in [0.3, 0.4) is 0 Å². The van der Waals surface area contributed by atoms with Crippen LogP contribution in [0.1, 0.15) is 6.92 Å². The molecule has 0 aliphatic heterocycles. The van der Waals surface area contributed by atoms with Crippen LogP contribution >= 0.6 is 11.6 Å². The lowest BCUT2D eigenvalue weighted by atomic mass is 10.3. The molecule has 1 aliphatic carbocycles. The third-order valence-corrected chi connectivity index (χ3v) is 2.78. The molecule has 0 spiro atoms. The molecule has 1 nitrogen and oxygen atoms in total. The summed E-state index contributed by atoms with van der Waals surface area (Å²) in [6, 6.07) is 0. The van der Waals surface area contributed by atoms with E-state index in [-0.39, 0.29) is 11.3 Å². The monoisotopic (exact) mass is 232 g/mol. The van der Waals surface area contributed by atoms with Gasteiger partial charge in [0.05, 0.1) is 12.0 Å². The van der Waals surface area contributed by atoms with Crippen molar-refractivity contribution in [1.82, 2.24) is 0 Å². The van der Waals surface area contributed by atoms with Gasteiger partial charge < -0.3 is 4.74 Å². The van der Waals surface area contributed by atoms with E-state index >= 15 is 0 Å². The van der Waals surface area contributed by atoms with Crippen molar-refractivity contribution in [2.75, 3.05) is 13.7 Å². The summed E-state index contributed by atoms with van der Waals surface area (Å²) in [4.78, 5) is 0. The van der Waals surface area contributed by atoms with E-state index in [1.165, 1.54) is 0 Å². The summed E-state index contributed by atoms with van der Waals surface area (Å²) in [5.74, 6) is 17.1. The smallest absolute Gasteiger partial charge is 0.0540 e. The van der Waals surface area contributed by atoms with Crippen LogP contribution in [0.25, 0.3) is 0 Å². The molecule has 0 saturated heterocycles. The van der Waals surface area contributed by atoms with Crippen LogP contribution < -0.4 is 0 Å². The third-order valence-electron chi connectivity index (χ3n) is 2.18. The molecule has 0 aromatic heterocycles. The maximum Gasteiger partial charge on any atom is 0.0540 e. The Hall–Kier alpha value is -1.33. The minimum atomic E-state index is 0.114. The second-order valence-corrected chi connectivity index (χ2v) is 3.88. The Bertz CT molecular complexity index is 431. The topological polar surface area (TPSA) is 9.23 Å². The lowest BCUT2D eigenvalue weighted by Gasteiger charge is -1.90. The number of halogens is 1. The Morgan fingerprint density at radius 3 is 2.69 bits per heavy atom. The normalized spacial score (nSPS) is 25.8. The fourth-order valence-corrected chi connectivity index (χ4v) is 1.64. The van der Waals surface area contributed by atoms with Crippen LogP contribution in [-0.4, -0.2) is 19.1 Å². The maximum atomic E-state index is 6.01. The molecule has 3 atom stereocenters. The van der Waals surface area contributed by atoms with E-state index in [0.29, 0.717) is 12.5 Å². The first-order valence-electron chi connectivity index (χ1n) is 5.06. The molecule has 3 unspecified atom stereocenters. The van der Waals surface area contributed by atoms with E-state index in [0.717, 1.165) is 0 Å². The van der Waals surface area contributed by atoms with Gasteiger partial charge in [0.2, 0.25) is 0 Å². The van der Waals surface area contributed by atoms with Gasteiger partial charge in [0, 0.05) is 18.9 Å². The number of allylic oxidation sites excluding steroid dienone is 2. The molecule has 1 fully saturated rings. The number of alkyl halides is 1. The second kappa shape index (κ2) is 7.03. The summed E-state index contributed by atoms with van der Waals surface area (Å²) < 4.78 is 5.02. The quantitative estimate of drug-likeness (QED) is 0.523. The summed E-state index contributed by atoms with van der Waals surface area (Å²) in [7, 11) is 1.67. The van der Waals surface area contributed by atoms with Gasteiger partial charge in [-0.2, -0.15) is 0 Å². The molecule has 0 amide bonds. The standard InChI is InChI=1S/C14H13ClO/c1-3-4-5-6-7-8-9-10-12-13(11-16-2)14(12)15/h3-4,12-14H,11H2,1-2H3. The van der Waals surface area contributed by atoms with Gasteiger partial charge in [-0.15, -0.1) is 11.6 Å². The molecule has 0 radical (unpaired) electrons. The Balaban J connectivity index is 2.37. The number of hydrogen-bond acceptors (Lipinski definition) is 1. The Labute approximate surface area is 102 Å². The van der Waals surface area contributed by atoms with Gasteiger partial charge >= 0.3 is 0 Å². The van der Waals surface area contributed by atoms with E-state index in [4.69, 9.17) is 16.3 Å². The highest BCUT2D eigenvalue weighted by molar-refractivity contribution is 6.23. The van der Waals surface area contributed by atoms with Gasteiger partial charge in [-0.1, -0.05) is 17.9 Å². The van der Waals surface area contributed by atoms with Crippen molar-refractivity contribution in [2.45, 2.75) is 12.3 Å². The summed E-state index contributed by atoms with van der Waals surface area (Å²) in [6.45, 7) is 2.58. The number of rotatable bonds is 2. The van der Waals surface area contributed by atoms with Crippen molar-refractivity contribution < 1.29 is 4.74 Å². The van der Waals surface area contributed by atoms with Crippen molar-refractivity contribution in [3.63, 3.8) is 0 Å². The molecule has 0 aromatic rings. The molecule has 0 aromatic carbocycles.